The van der Waals surface area contributed by atoms with E-state index in [9.17, 15) is 24.8 Å². The molecule has 9 heteroatoms. The maximum Gasteiger partial charge on any atom is 0.336 e. The number of carbonyl (C=O) groups excluding carboxylic acids is 1. The number of fused-ring (bicyclic) bond motifs is 6. The lowest BCUT2D eigenvalue weighted by Crippen LogP contribution is -2.39. The molecule has 9 nitrogen and oxygen atoms in total. The van der Waals surface area contributed by atoms with Crippen LogP contribution in [0, 0.1) is 16.0 Å². The number of nitrogens with zero attached hydrogens (tertiary/aromatic N) is 4. The minimum absolute atomic E-state index is 0.00543. The molecule has 0 spiro atoms. The molecule has 0 radical (unpaired) electrons. The standard InChI is InChI=1S/C21H20N4O5/c1-11(2)19(26)22-10-12-9-17(22)18-20(27)24(21(28)23(12)18)15-7-8-16(25(29)30)14-6-4-3-5-13(14)15/h3-8,11-12,17,27H,9-10H2,1-2H3/t12-,17-/m0/s1. The van der Waals surface area contributed by atoms with E-state index in [1.807, 2.05) is 13.8 Å². The summed E-state index contributed by atoms with van der Waals surface area (Å²) >= 11 is 0. The Morgan fingerprint density at radius 1 is 1.20 bits per heavy atom. The fourth-order valence-corrected chi connectivity index (χ4v) is 4.86. The third-order valence-corrected chi connectivity index (χ3v) is 6.15. The predicted octanol–water partition coefficient (Wildman–Crippen LogP) is 2.89. The summed E-state index contributed by atoms with van der Waals surface area (Å²) in [7, 11) is 0. The molecule has 0 unspecified atom stereocenters. The third-order valence-electron chi connectivity index (χ3n) is 6.15. The molecule has 1 saturated heterocycles. The highest BCUT2D eigenvalue weighted by Gasteiger charge is 2.49. The number of rotatable bonds is 3. The number of hydrogen-bond acceptors (Lipinski definition) is 5. The first-order valence-electron chi connectivity index (χ1n) is 9.84. The highest BCUT2D eigenvalue weighted by atomic mass is 16.6. The van der Waals surface area contributed by atoms with Gasteiger partial charge in [0.25, 0.3) is 5.69 Å². The summed E-state index contributed by atoms with van der Waals surface area (Å²) in [6.07, 6.45) is 0.610. The molecule has 1 aromatic heterocycles. The second-order valence-corrected chi connectivity index (χ2v) is 8.15. The van der Waals surface area contributed by atoms with E-state index in [4.69, 9.17) is 0 Å². The van der Waals surface area contributed by atoms with Gasteiger partial charge in [-0.2, -0.15) is 0 Å². The molecule has 2 aromatic carbocycles. The molecule has 2 bridgehead atoms. The summed E-state index contributed by atoms with van der Waals surface area (Å²) < 4.78 is 2.77. The molecule has 3 aromatic rings. The van der Waals surface area contributed by atoms with Gasteiger partial charge in [-0.05, 0) is 18.6 Å². The number of nitro benzene ring substituents is 1. The van der Waals surface area contributed by atoms with Crippen molar-refractivity contribution in [2.45, 2.75) is 32.4 Å². The summed E-state index contributed by atoms with van der Waals surface area (Å²) in [5.41, 5.74) is 0.350. The molecule has 2 aliphatic heterocycles. The number of hydrogen-bond donors (Lipinski definition) is 1. The first-order chi connectivity index (χ1) is 14.3. The van der Waals surface area contributed by atoms with Crippen LogP contribution in [0.4, 0.5) is 5.69 Å². The number of carbonyl (C=O) groups is 1. The minimum Gasteiger partial charge on any atom is -0.493 e. The van der Waals surface area contributed by atoms with Crippen LogP contribution in [0.5, 0.6) is 5.88 Å². The van der Waals surface area contributed by atoms with Crippen molar-refractivity contribution in [2.24, 2.45) is 5.92 Å². The monoisotopic (exact) mass is 408 g/mol. The molecule has 0 saturated carbocycles. The Morgan fingerprint density at radius 2 is 1.90 bits per heavy atom. The highest BCUT2D eigenvalue weighted by molar-refractivity contribution is 5.97. The molecule has 1 N–H and O–H groups in total. The number of aromatic nitrogens is 2. The van der Waals surface area contributed by atoms with Crippen LogP contribution >= 0.6 is 0 Å². The van der Waals surface area contributed by atoms with Crippen molar-refractivity contribution in [3.8, 4) is 11.6 Å². The molecular formula is C21H20N4O5. The number of non-ortho nitro benzene ring substituents is 1. The fourth-order valence-electron chi connectivity index (χ4n) is 4.86. The van der Waals surface area contributed by atoms with Gasteiger partial charge < -0.3 is 10.0 Å². The lowest BCUT2D eigenvalue weighted by molar-refractivity contribution is -0.383. The van der Waals surface area contributed by atoms with E-state index < -0.39 is 10.6 Å². The van der Waals surface area contributed by atoms with Crippen LogP contribution in [-0.2, 0) is 4.79 Å². The number of likely N-dealkylation sites (tertiary alicyclic amines) is 1. The average Bonchev–Trinajstić information content (AvgIpc) is 3.38. The topological polar surface area (TPSA) is 111 Å². The number of imidazole rings is 1. The zero-order valence-electron chi connectivity index (χ0n) is 16.5. The van der Waals surface area contributed by atoms with Crippen LogP contribution in [0.15, 0.2) is 41.2 Å². The Labute approximate surface area is 170 Å². The largest absolute Gasteiger partial charge is 0.493 e. The molecule has 1 amide bonds. The van der Waals surface area contributed by atoms with E-state index in [0.717, 1.165) is 0 Å². The smallest absolute Gasteiger partial charge is 0.336 e. The van der Waals surface area contributed by atoms with E-state index in [1.54, 1.807) is 33.7 Å². The van der Waals surface area contributed by atoms with Crippen molar-refractivity contribution < 1.29 is 14.8 Å². The summed E-state index contributed by atoms with van der Waals surface area (Å²) in [6, 6.07) is 9.03. The summed E-state index contributed by atoms with van der Waals surface area (Å²) in [6.45, 7) is 4.10. The second-order valence-electron chi connectivity index (χ2n) is 8.15. The van der Waals surface area contributed by atoms with Crippen LogP contribution in [0.3, 0.4) is 0 Å². The summed E-state index contributed by atoms with van der Waals surface area (Å²) in [5.74, 6) is -0.394. The Balaban J connectivity index is 1.71. The van der Waals surface area contributed by atoms with Gasteiger partial charge in [-0.15, -0.1) is 0 Å². The van der Waals surface area contributed by atoms with Crippen molar-refractivity contribution >= 4 is 22.4 Å². The fraction of sp³-hybridized carbons (Fsp3) is 0.333. The van der Waals surface area contributed by atoms with E-state index in [1.165, 1.54) is 16.7 Å². The molecule has 2 atom stereocenters. The average molecular weight is 408 g/mol. The molecule has 2 aliphatic rings. The lowest BCUT2D eigenvalue weighted by atomic mass is 10.1. The van der Waals surface area contributed by atoms with E-state index in [0.29, 0.717) is 35.1 Å². The quantitative estimate of drug-likeness (QED) is 0.529. The normalized spacial score (nSPS) is 19.6. The highest BCUT2D eigenvalue weighted by Crippen LogP contribution is 2.49. The van der Waals surface area contributed by atoms with Crippen molar-refractivity contribution in [3.63, 3.8) is 0 Å². The Bertz CT molecular complexity index is 1290. The van der Waals surface area contributed by atoms with Crippen LogP contribution in [0.2, 0.25) is 0 Å². The van der Waals surface area contributed by atoms with E-state index >= 15 is 0 Å². The van der Waals surface area contributed by atoms with Gasteiger partial charge in [-0.25, -0.2) is 9.36 Å². The molecule has 30 heavy (non-hydrogen) atoms. The van der Waals surface area contributed by atoms with Gasteiger partial charge in [0.15, 0.2) is 0 Å². The van der Waals surface area contributed by atoms with Gasteiger partial charge in [0, 0.05) is 23.9 Å². The van der Waals surface area contributed by atoms with Crippen molar-refractivity contribution in [1.29, 1.82) is 0 Å². The molecule has 1 fully saturated rings. The number of benzene rings is 2. The Kier molecular flexibility index (Phi) is 3.80. The van der Waals surface area contributed by atoms with Crippen LogP contribution in [0.1, 0.15) is 38.0 Å². The minimum atomic E-state index is -0.468. The lowest BCUT2D eigenvalue weighted by Gasteiger charge is -2.29. The first kappa shape index (κ1) is 18.4. The summed E-state index contributed by atoms with van der Waals surface area (Å²) in [4.78, 5) is 38.5. The number of nitro groups is 1. The molecule has 0 aliphatic carbocycles. The van der Waals surface area contributed by atoms with Gasteiger partial charge >= 0.3 is 5.69 Å². The van der Waals surface area contributed by atoms with E-state index in [-0.39, 0.29) is 35.5 Å². The van der Waals surface area contributed by atoms with Crippen LogP contribution in [-0.4, -0.2) is 36.5 Å². The zero-order valence-corrected chi connectivity index (χ0v) is 16.5. The SMILES string of the molecule is CC(C)C(=O)N1C[C@@H]2C[C@H]1c1c(O)n(-c3ccc([N+](=O)[O-])c4ccccc34)c(=O)n12. The van der Waals surface area contributed by atoms with Crippen molar-refractivity contribution in [3.05, 3.63) is 62.7 Å². The maximum atomic E-state index is 13.3. The van der Waals surface area contributed by atoms with Gasteiger partial charge in [0.2, 0.25) is 11.8 Å². The number of amides is 1. The Morgan fingerprint density at radius 3 is 2.57 bits per heavy atom. The van der Waals surface area contributed by atoms with Crippen molar-refractivity contribution in [2.75, 3.05) is 6.54 Å². The molecule has 5 rings (SSSR count). The van der Waals surface area contributed by atoms with Gasteiger partial charge in [0.1, 0.15) is 5.69 Å². The third kappa shape index (κ3) is 2.28. The van der Waals surface area contributed by atoms with Crippen LogP contribution in [0.25, 0.3) is 16.5 Å². The van der Waals surface area contributed by atoms with Gasteiger partial charge in [-0.3, -0.25) is 19.5 Å². The molecule has 3 heterocycles. The second kappa shape index (κ2) is 6.19. The van der Waals surface area contributed by atoms with Gasteiger partial charge in [-0.1, -0.05) is 32.0 Å². The summed E-state index contributed by atoms with van der Waals surface area (Å²) in [5, 5.41) is 23.3. The van der Waals surface area contributed by atoms with Crippen LogP contribution < -0.4 is 5.69 Å². The van der Waals surface area contributed by atoms with Crippen molar-refractivity contribution in [1.82, 2.24) is 14.0 Å². The maximum absolute atomic E-state index is 13.3. The zero-order chi connectivity index (χ0) is 21.3. The first-order valence-corrected chi connectivity index (χ1v) is 9.84. The number of aromatic hydroxyl groups is 1. The van der Waals surface area contributed by atoms with Gasteiger partial charge in [0.05, 0.1) is 28.1 Å². The Hall–Kier alpha value is -3.62. The molecular weight excluding hydrogens is 388 g/mol. The predicted molar refractivity (Wildman–Crippen MR) is 109 cm³/mol. The van der Waals surface area contributed by atoms with E-state index in [2.05, 4.69) is 0 Å². The molecule has 154 valence electrons.